The van der Waals surface area contributed by atoms with Crippen molar-refractivity contribution in [3.05, 3.63) is 72.4 Å². The molecule has 184 valence electrons. The fourth-order valence-electron chi connectivity index (χ4n) is 4.04. The number of nitrogens with zero attached hydrogens (tertiary/aromatic N) is 6. The lowest BCUT2D eigenvalue weighted by Crippen LogP contribution is -2.32. The Balaban J connectivity index is 0.000000364. The third-order valence-corrected chi connectivity index (χ3v) is 5.81. The SMILES string of the molecule is Cn1cc(CN2CCC(c3nc4ccc(-c5ccccc5)cn4n3)CC2)cn1.O=C(O)C(F)(F)F. The van der Waals surface area contributed by atoms with Crippen LogP contribution in [0, 0.1) is 0 Å². The number of aliphatic carboxylic acids is 1. The molecule has 0 aliphatic carbocycles. The maximum Gasteiger partial charge on any atom is 0.490 e. The fourth-order valence-corrected chi connectivity index (χ4v) is 4.04. The van der Waals surface area contributed by atoms with Gasteiger partial charge in [0.25, 0.3) is 0 Å². The molecular weight excluding hydrogens is 461 g/mol. The zero-order chi connectivity index (χ0) is 25.0. The molecule has 11 heteroatoms. The number of fused-ring (bicyclic) bond motifs is 1. The summed E-state index contributed by atoms with van der Waals surface area (Å²) in [4.78, 5) is 16.2. The van der Waals surface area contributed by atoms with Crippen LogP contribution in [0.4, 0.5) is 13.2 Å². The Bertz CT molecular complexity index is 1280. The summed E-state index contributed by atoms with van der Waals surface area (Å²) in [6.07, 6.45) is 3.25. The molecule has 4 aromatic rings. The van der Waals surface area contributed by atoms with Crippen molar-refractivity contribution >= 4 is 11.6 Å². The summed E-state index contributed by atoms with van der Waals surface area (Å²) < 4.78 is 35.5. The van der Waals surface area contributed by atoms with Gasteiger partial charge < -0.3 is 5.11 Å². The third kappa shape index (κ3) is 6.24. The molecule has 3 aromatic heterocycles. The van der Waals surface area contributed by atoms with Crippen molar-refractivity contribution in [2.75, 3.05) is 13.1 Å². The number of hydrogen-bond acceptors (Lipinski definition) is 5. The number of aryl methyl sites for hydroxylation is 1. The van der Waals surface area contributed by atoms with E-state index in [1.807, 2.05) is 28.5 Å². The Labute approximate surface area is 199 Å². The maximum absolute atomic E-state index is 10.6. The van der Waals surface area contributed by atoms with Crippen molar-refractivity contribution in [1.29, 1.82) is 0 Å². The Kier molecular flexibility index (Phi) is 7.15. The van der Waals surface area contributed by atoms with Crippen molar-refractivity contribution in [3.8, 4) is 11.1 Å². The van der Waals surface area contributed by atoms with E-state index in [0.29, 0.717) is 5.92 Å². The van der Waals surface area contributed by atoms with Crippen LogP contribution in [0.1, 0.15) is 30.1 Å². The smallest absolute Gasteiger partial charge is 0.475 e. The summed E-state index contributed by atoms with van der Waals surface area (Å²) in [6.45, 7) is 3.12. The van der Waals surface area contributed by atoms with Gasteiger partial charge in [0.15, 0.2) is 11.5 Å². The Morgan fingerprint density at radius 1 is 1.06 bits per heavy atom. The number of benzene rings is 1. The van der Waals surface area contributed by atoms with Crippen LogP contribution >= 0.6 is 0 Å². The number of rotatable bonds is 4. The van der Waals surface area contributed by atoms with Crippen molar-refractivity contribution < 1.29 is 23.1 Å². The van der Waals surface area contributed by atoms with Gasteiger partial charge in [0.1, 0.15) is 0 Å². The van der Waals surface area contributed by atoms with Crippen molar-refractivity contribution in [2.45, 2.75) is 31.5 Å². The van der Waals surface area contributed by atoms with Crippen molar-refractivity contribution in [3.63, 3.8) is 0 Å². The van der Waals surface area contributed by atoms with Gasteiger partial charge in [-0.05, 0) is 43.6 Å². The Morgan fingerprint density at radius 2 is 1.74 bits per heavy atom. The lowest BCUT2D eigenvalue weighted by atomic mass is 9.96. The molecule has 1 fully saturated rings. The summed E-state index contributed by atoms with van der Waals surface area (Å²) in [6, 6.07) is 14.6. The molecule has 1 N–H and O–H groups in total. The lowest BCUT2D eigenvalue weighted by Gasteiger charge is -2.30. The second-order valence-electron chi connectivity index (χ2n) is 8.43. The van der Waals surface area contributed by atoms with Gasteiger partial charge in [-0.1, -0.05) is 30.3 Å². The normalized spacial score (nSPS) is 15.1. The van der Waals surface area contributed by atoms with E-state index in [-0.39, 0.29) is 0 Å². The molecule has 5 rings (SSSR count). The number of hydrogen-bond donors (Lipinski definition) is 1. The molecule has 0 spiro atoms. The number of pyridine rings is 1. The second kappa shape index (κ2) is 10.3. The van der Waals surface area contributed by atoms with Gasteiger partial charge in [-0.15, -0.1) is 0 Å². The van der Waals surface area contributed by atoms with Gasteiger partial charge in [-0.25, -0.2) is 14.3 Å². The number of carboxylic acids is 1. The fraction of sp³-hybridized carbons (Fsp3) is 0.333. The van der Waals surface area contributed by atoms with Crippen LogP contribution in [-0.4, -0.2) is 59.6 Å². The number of carbonyl (C=O) groups is 1. The molecule has 35 heavy (non-hydrogen) atoms. The van der Waals surface area contributed by atoms with E-state index < -0.39 is 12.1 Å². The Hall–Kier alpha value is -3.73. The highest BCUT2D eigenvalue weighted by atomic mass is 19.4. The maximum atomic E-state index is 10.6. The predicted octanol–water partition coefficient (Wildman–Crippen LogP) is 4.14. The lowest BCUT2D eigenvalue weighted by molar-refractivity contribution is -0.192. The molecule has 8 nitrogen and oxygen atoms in total. The molecule has 0 radical (unpaired) electrons. The molecular formula is C24H25F3N6O2. The van der Waals surface area contributed by atoms with Crippen LogP contribution in [0.3, 0.4) is 0 Å². The van der Waals surface area contributed by atoms with Gasteiger partial charge >= 0.3 is 12.1 Å². The van der Waals surface area contributed by atoms with E-state index in [2.05, 4.69) is 58.8 Å². The third-order valence-electron chi connectivity index (χ3n) is 5.81. The van der Waals surface area contributed by atoms with E-state index in [1.54, 1.807) is 0 Å². The molecule has 0 unspecified atom stereocenters. The van der Waals surface area contributed by atoms with E-state index in [9.17, 15) is 13.2 Å². The van der Waals surface area contributed by atoms with E-state index in [4.69, 9.17) is 20.0 Å². The summed E-state index contributed by atoms with van der Waals surface area (Å²) in [5, 5.41) is 16.2. The number of aromatic nitrogens is 5. The standard InChI is InChI=1S/C22H24N6.C2HF3O2/c1-26-14-17(13-23-26)15-27-11-9-19(10-12-27)22-24-21-8-7-20(16-28(21)25-22)18-5-3-2-4-6-18;3-2(4,5)1(6)7/h2-8,13-14,16,19H,9-12,15H2,1H3;(H,6,7). The summed E-state index contributed by atoms with van der Waals surface area (Å²) in [5.74, 6) is -1.34. The van der Waals surface area contributed by atoms with E-state index >= 15 is 0 Å². The first-order chi connectivity index (χ1) is 16.7. The minimum atomic E-state index is -5.08. The highest BCUT2D eigenvalue weighted by Gasteiger charge is 2.38. The highest BCUT2D eigenvalue weighted by Crippen LogP contribution is 2.27. The average molecular weight is 486 g/mol. The van der Waals surface area contributed by atoms with E-state index in [0.717, 1.165) is 49.5 Å². The highest BCUT2D eigenvalue weighted by molar-refractivity contribution is 5.73. The molecule has 0 bridgehead atoms. The monoisotopic (exact) mass is 486 g/mol. The van der Waals surface area contributed by atoms with Crippen LogP contribution in [-0.2, 0) is 18.4 Å². The van der Waals surface area contributed by atoms with Crippen LogP contribution in [0.25, 0.3) is 16.8 Å². The van der Waals surface area contributed by atoms with Crippen LogP contribution in [0.2, 0.25) is 0 Å². The molecule has 0 atom stereocenters. The largest absolute Gasteiger partial charge is 0.490 e. The minimum absolute atomic E-state index is 0.435. The number of piperidine rings is 1. The van der Waals surface area contributed by atoms with Gasteiger partial charge in [0, 0.05) is 43.0 Å². The first-order valence-electron chi connectivity index (χ1n) is 11.1. The molecule has 0 saturated carbocycles. The molecule has 1 aromatic carbocycles. The zero-order valence-corrected chi connectivity index (χ0v) is 19.1. The van der Waals surface area contributed by atoms with Gasteiger partial charge in [-0.2, -0.15) is 23.4 Å². The van der Waals surface area contributed by atoms with Crippen LogP contribution in [0.15, 0.2) is 61.1 Å². The summed E-state index contributed by atoms with van der Waals surface area (Å²) in [7, 11) is 1.97. The van der Waals surface area contributed by atoms with Gasteiger partial charge in [0.2, 0.25) is 0 Å². The van der Waals surface area contributed by atoms with E-state index in [1.165, 1.54) is 11.1 Å². The molecule has 1 saturated heterocycles. The number of carboxylic acid groups (broad SMARTS) is 1. The van der Waals surface area contributed by atoms with Crippen LogP contribution in [0.5, 0.6) is 0 Å². The van der Waals surface area contributed by atoms with Crippen molar-refractivity contribution in [1.82, 2.24) is 29.3 Å². The predicted molar refractivity (Wildman–Crippen MR) is 123 cm³/mol. The number of likely N-dealkylation sites (tertiary alicyclic amines) is 1. The summed E-state index contributed by atoms with van der Waals surface area (Å²) in [5.41, 5.74) is 4.56. The molecule has 1 aliphatic heterocycles. The first-order valence-corrected chi connectivity index (χ1v) is 11.1. The topological polar surface area (TPSA) is 88.5 Å². The van der Waals surface area contributed by atoms with Gasteiger partial charge in [0.05, 0.1) is 6.20 Å². The Morgan fingerprint density at radius 3 is 2.34 bits per heavy atom. The molecule has 4 heterocycles. The second-order valence-corrected chi connectivity index (χ2v) is 8.43. The molecule has 0 amide bonds. The average Bonchev–Trinajstić information content (AvgIpc) is 3.45. The summed E-state index contributed by atoms with van der Waals surface area (Å²) >= 11 is 0. The number of halogens is 3. The molecule has 1 aliphatic rings. The first kappa shape index (κ1) is 24.4. The minimum Gasteiger partial charge on any atom is -0.475 e. The number of alkyl halides is 3. The van der Waals surface area contributed by atoms with Gasteiger partial charge in [-0.3, -0.25) is 9.58 Å². The quantitative estimate of drug-likeness (QED) is 0.467. The van der Waals surface area contributed by atoms with Crippen molar-refractivity contribution in [2.24, 2.45) is 7.05 Å². The van der Waals surface area contributed by atoms with Crippen LogP contribution < -0.4 is 0 Å². The zero-order valence-electron chi connectivity index (χ0n) is 19.1.